The van der Waals surface area contributed by atoms with Gasteiger partial charge in [0.15, 0.2) is 0 Å². The number of hydrogen-bond donors (Lipinski definition) is 4. The Hall–Kier alpha value is -1.43. The molecule has 0 amide bonds. The van der Waals surface area contributed by atoms with Crippen molar-refractivity contribution >= 4 is 18.6 Å². The van der Waals surface area contributed by atoms with Gasteiger partial charge in [-0.2, -0.15) is 0 Å². The van der Waals surface area contributed by atoms with Crippen LogP contribution in [0, 0.1) is 0 Å². The Balaban J connectivity index is 0.000000399. The van der Waals surface area contributed by atoms with E-state index >= 15 is 0 Å². The number of phosphoric acid groups is 1. The van der Waals surface area contributed by atoms with Crippen LogP contribution in [-0.4, -0.2) is 22.9 Å². The summed E-state index contributed by atoms with van der Waals surface area (Å²) in [5.41, 5.74) is 9.81. The third kappa shape index (κ3) is 5.38. The maximum atomic E-state index is 10.7. The van der Waals surface area contributed by atoms with Crippen molar-refractivity contribution in [3.8, 4) is 5.75 Å². The molecule has 0 fully saturated rings. The molecule has 0 aliphatic rings. The van der Waals surface area contributed by atoms with E-state index in [0.717, 1.165) is 5.39 Å². The van der Waals surface area contributed by atoms with Crippen molar-refractivity contribution < 1.29 is 18.9 Å². The average molecular weight is 284 g/mol. The molecule has 0 bridgehead atoms. The summed E-state index contributed by atoms with van der Waals surface area (Å²) in [6.07, 6.45) is 0. The van der Waals surface area contributed by atoms with E-state index in [1.165, 1.54) is 6.07 Å². The molecule has 0 saturated carbocycles. The van der Waals surface area contributed by atoms with Gasteiger partial charge in [-0.3, -0.25) is 9.79 Å². The molecule has 0 aliphatic carbocycles. The molecule has 2 aromatic carbocycles. The van der Waals surface area contributed by atoms with Crippen LogP contribution in [0.5, 0.6) is 5.75 Å². The van der Waals surface area contributed by atoms with Crippen molar-refractivity contribution in [2.75, 3.05) is 13.1 Å². The molecule has 0 aliphatic heterocycles. The maximum Gasteiger partial charge on any atom is 0.524 e. The lowest BCUT2D eigenvalue weighted by molar-refractivity contribution is 0.284. The number of fused-ring (bicyclic) bond motifs is 1. The van der Waals surface area contributed by atoms with Crippen LogP contribution in [0.15, 0.2) is 42.5 Å². The largest absolute Gasteiger partial charge is 0.524 e. The van der Waals surface area contributed by atoms with Gasteiger partial charge in [0, 0.05) is 18.5 Å². The molecule has 6 N–H and O–H groups in total. The molecule has 2 rings (SSSR count). The predicted octanol–water partition coefficient (Wildman–Crippen LogP) is 1.22. The van der Waals surface area contributed by atoms with Crippen molar-refractivity contribution in [3.63, 3.8) is 0 Å². The number of nitrogens with two attached hydrogens (primary N) is 2. The van der Waals surface area contributed by atoms with E-state index in [4.69, 9.17) is 21.3 Å². The van der Waals surface area contributed by atoms with Crippen molar-refractivity contribution in [3.05, 3.63) is 42.5 Å². The Labute approximate surface area is 111 Å². The summed E-state index contributed by atoms with van der Waals surface area (Å²) >= 11 is 0. The molecule has 0 heterocycles. The van der Waals surface area contributed by atoms with Gasteiger partial charge < -0.3 is 16.0 Å². The molecule has 0 radical (unpaired) electrons. The molecule has 6 nitrogen and oxygen atoms in total. The monoisotopic (exact) mass is 284 g/mol. The van der Waals surface area contributed by atoms with E-state index in [1.807, 2.05) is 18.2 Å². The molecule has 0 spiro atoms. The topological polar surface area (TPSA) is 119 Å². The van der Waals surface area contributed by atoms with E-state index in [1.54, 1.807) is 18.2 Å². The minimum absolute atomic E-state index is 0.196. The second-order valence-corrected chi connectivity index (χ2v) is 4.80. The molecular formula is C12H17N2O4P. The third-order valence-electron chi connectivity index (χ3n) is 2.13. The summed E-state index contributed by atoms with van der Waals surface area (Å²) in [4.78, 5) is 17.4. The second kappa shape index (κ2) is 7.23. The summed E-state index contributed by atoms with van der Waals surface area (Å²) in [5.74, 6) is 0.196. The SMILES string of the molecule is NCCN.O=P(O)(O)Oc1cccc2ccccc12. The van der Waals surface area contributed by atoms with Gasteiger partial charge in [-0.25, -0.2) is 4.57 Å². The normalized spacial score (nSPS) is 10.7. The number of phosphoric ester groups is 1. The molecule has 0 atom stereocenters. The summed E-state index contributed by atoms with van der Waals surface area (Å²) in [7, 11) is -4.49. The Morgan fingerprint density at radius 2 is 1.58 bits per heavy atom. The van der Waals surface area contributed by atoms with Crippen LogP contribution in [0.25, 0.3) is 10.8 Å². The molecule has 0 saturated heterocycles. The van der Waals surface area contributed by atoms with Crippen LogP contribution in [-0.2, 0) is 4.57 Å². The van der Waals surface area contributed by atoms with Crippen LogP contribution in [0.2, 0.25) is 0 Å². The van der Waals surface area contributed by atoms with E-state index < -0.39 is 7.82 Å². The molecule has 0 aromatic heterocycles. The van der Waals surface area contributed by atoms with E-state index in [9.17, 15) is 4.57 Å². The lowest BCUT2D eigenvalue weighted by atomic mass is 10.1. The van der Waals surface area contributed by atoms with Crippen molar-refractivity contribution in [1.29, 1.82) is 0 Å². The predicted molar refractivity (Wildman–Crippen MR) is 74.7 cm³/mol. The maximum absolute atomic E-state index is 10.7. The molecule has 0 unspecified atom stereocenters. The quantitative estimate of drug-likeness (QED) is 0.629. The zero-order chi connectivity index (χ0) is 14.3. The number of benzene rings is 2. The first-order valence-electron chi connectivity index (χ1n) is 5.61. The van der Waals surface area contributed by atoms with E-state index in [-0.39, 0.29) is 5.75 Å². The van der Waals surface area contributed by atoms with Gasteiger partial charge >= 0.3 is 7.82 Å². The fraction of sp³-hybridized carbons (Fsp3) is 0.167. The van der Waals surface area contributed by atoms with Crippen LogP contribution < -0.4 is 16.0 Å². The van der Waals surface area contributed by atoms with Crippen molar-refractivity contribution in [2.24, 2.45) is 11.5 Å². The highest BCUT2D eigenvalue weighted by molar-refractivity contribution is 7.46. The minimum Gasteiger partial charge on any atom is -0.404 e. The fourth-order valence-electron chi connectivity index (χ4n) is 1.40. The lowest BCUT2D eigenvalue weighted by Crippen LogP contribution is -2.11. The zero-order valence-corrected chi connectivity index (χ0v) is 11.2. The Bertz CT molecular complexity index is 563. The number of hydrogen-bond acceptors (Lipinski definition) is 4. The average Bonchev–Trinajstić information content (AvgIpc) is 2.38. The van der Waals surface area contributed by atoms with Gasteiger partial charge in [0.05, 0.1) is 0 Å². The minimum atomic E-state index is -4.49. The number of rotatable bonds is 3. The van der Waals surface area contributed by atoms with Gasteiger partial charge in [-0.1, -0.05) is 36.4 Å². The fourth-order valence-corrected chi connectivity index (χ4v) is 1.82. The molecule has 7 heteroatoms. The zero-order valence-electron chi connectivity index (χ0n) is 10.3. The first-order valence-corrected chi connectivity index (χ1v) is 7.14. The van der Waals surface area contributed by atoms with Crippen LogP contribution in [0.4, 0.5) is 0 Å². The van der Waals surface area contributed by atoms with E-state index in [2.05, 4.69) is 4.52 Å². The third-order valence-corrected chi connectivity index (χ3v) is 2.57. The summed E-state index contributed by atoms with van der Waals surface area (Å²) in [6.45, 7) is 1.19. The summed E-state index contributed by atoms with van der Waals surface area (Å²) in [5, 5.41) is 1.56. The Kier molecular flexibility index (Phi) is 5.95. The smallest absolute Gasteiger partial charge is 0.404 e. The second-order valence-electron chi connectivity index (χ2n) is 3.64. The van der Waals surface area contributed by atoms with Gasteiger partial charge in [0.1, 0.15) is 5.75 Å². The van der Waals surface area contributed by atoms with Gasteiger partial charge in [0.2, 0.25) is 0 Å². The van der Waals surface area contributed by atoms with Crippen LogP contribution in [0.1, 0.15) is 0 Å². The molecular weight excluding hydrogens is 267 g/mol. The summed E-state index contributed by atoms with van der Waals surface area (Å²) in [6, 6.07) is 12.3. The first-order chi connectivity index (χ1) is 8.98. The summed E-state index contributed by atoms with van der Waals surface area (Å²) < 4.78 is 15.3. The molecule has 19 heavy (non-hydrogen) atoms. The molecule has 104 valence electrons. The van der Waals surface area contributed by atoms with E-state index in [0.29, 0.717) is 18.5 Å². The van der Waals surface area contributed by atoms with Crippen molar-refractivity contribution in [2.45, 2.75) is 0 Å². The first kappa shape index (κ1) is 15.6. The van der Waals surface area contributed by atoms with Crippen LogP contribution in [0.3, 0.4) is 0 Å². The van der Waals surface area contributed by atoms with Crippen LogP contribution >= 0.6 is 7.82 Å². The molecule has 2 aromatic rings. The Morgan fingerprint density at radius 3 is 2.16 bits per heavy atom. The van der Waals surface area contributed by atoms with Crippen molar-refractivity contribution in [1.82, 2.24) is 0 Å². The lowest BCUT2D eigenvalue weighted by Gasteiger charge is -2.09. The highest BCUT2D eigenvalue weighted by Crippen LogP contribution is 2.40. The van der Waals surface area contributed by atoms with Gasteiger partial charge in [0.25, 0.3) is 0 Å². The Morgan fingerprint density at radius 1 is 1.00 bits per heavy atom. The highest BCUT2D eigenvalue weighted by Gasteiger charge is 2.16. The standard InChI is InChI=1S/C10H9O4P.C2H8N2/c11-15(12,13)14-10-7-3-5-8-4-1-2-6-9(8)10;3-1-2-4/h1-7H,(H2,11,12,13);1-4H2. The van der Waals surface area contributed by atoms with Gasteiger partial charge in [-0.05, 0) is 11.5 Å². The van der Waals surface area contributed by atoms with Gasteiger partial charge in [-0.15, -0.1) is 0 Å². The highest BCUT2D eigenvalue weighted by atomic mass is 31.2.